The van der Waals surface area contributed by atoms with E-state index in [-0.39, 0.29) is 5.56 Å². The van der Waals surface area contributed by atoms with Gasteiger partial charge in [0.15, 0.2) is 11.5 Å². The largest absolute Gasteiger partial charge is 0.493 e. The summed E-state index contributed by atoms with van der Waals surface area (Å²) >= 11 is 0. The van der Waals surface area contributed by atoms with Gasteiger partial charge in [0.1, 0.15) is 6.61 Å². The normalized spacial score (nSPS) is 10.3. The van der Waals surface area contributed by atoms with E-state index in [9.17, 15) is 9.90 Å². The molecule has 0 atom stereocenters. The van der Waals surface area contributed by atoms with Crippen LogP contribution < -0.4 is 14.8 Å². The number of rotatable bonds is 10. The molecule has 2 rings (SSSR count). The molecule has 0 saturated heterocycles. The van der Waals surface area contributed by atoms with Crippen LogP contribution in [0.5, 0.6) is 11.5 Å². The van der Waals surface area contributed by atoms with Gasteiger partial charge in [-0.05, 0) is 24.1 Å². The average Bonchev–Trinajstić information content (AvgIpc) is 2.64. The van der Waals surface area contributed by atoms with Crippen LogP contribution in [0.3, 0.4) is 0 Å². The maximum absolute atomic E-state index is 11.6. The Labute approximate surface area is 148 Å². The molecule has 0 spiro atoms. The van der Waals surface area contributed by atoms with Crippen LogP contribution in [-0.2, 0) is 6.61 Å². The van der Waals surface area contributed by atoms with Crippen molar-refractivity contribution >= 4 is 11.7 Å². The molecule has 0 aliphatic carbocycles. The zero-order valence-electron chi connectivity index (χ0n) is 14.7. The van der Waals surface area contributed by atoms with Crippen molar-refractivity contribution in [2.75, 3.05) is 19.0 Å². The van der Waals surface area contributed by atoms with E-state index in [1.54, 1.807) is 19.2 Å². The lowest BCUT2D eigenvalue weighted by atomic mass is 10.1. The summed E-state index contributed by atoms with van der Waals surface area (Å²) in [6.45, 7) is 3.15. The molecule has 2 aromatic carbocycles. The fourth-order valence-corrected chi connectivity index (χ4v) is 2.54. The number of benzene rings is 2. The Kier molecular flexibility index (Phi) is 7.14. The van der Waals surface area contributed by atoms with Crippen LogP contribution in [0.1, 0.15) is 42.1 Å². The van der Waals surface area contributed by atoms with Gasteiger partial charge in [0.25, 0.3) is 0 Å². The summed E-state index contributed by atoms with van der Waals surface area (Å²) in [5.41, 5.74) is 1.65. The fourth-order valence-electron chi connectivity index (χ4n) is 2.54. The summed E-state index contributed by atoms with van der Waals surface area (Å²) in [6.07, 6.45) is 3.15. The third-order valence-electron chi connectivity index (χ3n) is 3.88. The van der Waals surface area contributed by atoms with E-state index in [0.717, 1.165) is 24.8 Å². The van der Waals surface area contributed by atoms with Gasteiger partial charge < -0.3 is 19.9 Å². The minimum Gasteiger partial charge on any atom is -0.493 e. The molecule has 0 aliphatic rings. The van der Waals surface area contributed by atoms with Gasteiger partial charge in [0.2, 0.25) is 0 Å². The van der Waals surface area contributed by atoms with Gasteiger partial charge in [-0.15, -0.1) is 0 Å². The number of ether oxygens (including phenoxy) is 2. The maximum atomic E-state index is 11.6. The Morgan fingerprint density at radius 2 is 1.88 bits per heavy atom. The number of unbranched alkanes of at least 4 members (excludes halogenated alkanes) is 2. The van der Waals surface area contributed by atoms with Gasteiger partial charge in [0, 0.05) is 6.54 Å². The summed E-state index contributed by atoms with van der Waals surface area (Å²) in [4.78, 5) is 11.6. The molecule has 0 saturated carbocycles. The molecule has 0 aliphatic heterocycles. The molecule has 2 aromatic rings. The molecule has 0 fully saturated rings. The highest BCUT2D eigenvalue weighted by Crippen LogP contribution is 2.39. The molecule has 0 heterocycles. The minimum absolute atomic E-state index is 0.181. The third-order valence-corrected chi connectivity index (χ3v) is 3.88. The highest BCUT2D eigenvalue weighted by Gasteiger charge is 2.19. The molecule has 0 radical (unpaired) electrons. The number of nitrogens with one attached hydrogen (secondary N) is 1. The molecule has 2 N–H and O–H groups in total. The Hall–Kier alpha value is -2.69. The molecule has 5 nitrogen and oxygen atoms in total. The predicted molar refractivity (Wildman–Crippen MR) is 98.7 cm³/mol. The number of hydrogen-bond donors (Lipinski definition) is 2. The van der Waals surface area contributed by atoms with Crippen molar-refractivity contribution in [3.63, 3.8) is 0 Å². The molecule has 5 heteroatoms. The van der Waals surface area contributed by atoms with E-state index in [4.69, 9.17) is 9.47 Å². The number of anilines is 1. The average molecular weight is 343 g/mol. The summed E-state index contributed by atoms with van der Waals surface area (Å²) in [5, 5.41) is 12.7. The molecular formula is C20H25NO4. The van der Waals surface area contributed by atoms with Crippen LogP contribution in [0.2, 0.25) is 0 Å². The van der Waals surface area contributed by atoms with E-state index in [1.165, 1.54) is 0 Å². The minimum atomic E-state index is -0.995. The summed E-state index contributed by atoms with van der Waals surface area (Å²) < 4.78 is 11.3. The van der Waals surface area contributed by atoms with Crippen molar-refractivity contribution in [2.24, 2.45) is 0 Å². The zero-order chi connectivity index (χ0) is 18.1. The molecule has 0 unspecified atom stereocenters. The summed E-state index contributed by atoms with van der Waals surface area (Å²) in [5.74, 6) is -0.0492. The predicted octanol–water partition coefficient (Wildman–Crippen LogP) is 4.57. The van der Waals surface area contributed by atoms with E-state index in [1.807, 2.05) is 30.3 Å². The van der Waals surface area contributed by atoms with Crippen LogP contribution in [0, 0.1) is 0 Å². The Balaban J connectivity index is 2.28. The number of aromatic carboxylic acids is 1. The lowest BCUT2D eigenvalue weighted by molar-refractivity contribution is 0.0697. The lowest BCUT2D eigenvalue weighted by Gasteiger charge is -2.18. The number of hydrogen-bond acceptors (Lipinski definition) is 4. The Morgan fingerprint density at radius 1 is 1.12 bits per heavy atom. The van der Waals surface area contributed by atoms with E-state index < -0.39 is 5.97 Å². The van der Waals surface area contributed by atoms with E-state index >= 15 is 0 Å². The molecule has 0 bridgehead atoms. The van der Waals surface area contributed by atoms with Crippen LogP contribution in [0.25, 0.3) is 0 Å². The molecular weight excluding hydrogens is 318 g/mol. The van der Waals surface area contributed by atoms with Crippen LogP contribution in [0.4, 0.5) is 5.69 Å². The third kappa shape index (κ3) is 5.14. The zero-order valence-corrected chi connectivity index (χ0v) is 14.7. The second-order valence-corrected chi connectivity index (χ2v) is 5.73. The topological polar surface area (TPSA) is 67.8 Å². The Morgan fingerprint density at radius 3 is 2.52 bits per heavy atom. The number of carbonyl (C=O) groups is 1. The van der Waals surface area contributed by atoms with Crippen LogP contribution in [0.15, 0.2) is 42.5 Å². The van der Waals surface area contributed by atoms with Crippen LogP contribution >= 0.6 is 0 Å². The molecule has 25 heavy (non-hydrogen) atoms. The summed E-state index contributed by atoms with van der Waals surface area (Å²) in [7, 11) is 1.55. The van der Waals surface area contributed by atoms with Crippen molar-refractivity contribution in [1.82, 2.24) is 0 Å². The van der Waals surface area contributed by atoms with E-state index in [0.29, 0.717) is 30.3 Å². The maximum Gasteiger partial charge on any atom is 0.337 e. The number of carboxylic acids is 1. The molecule has 134 valence electrons. The molecule has 0 aromatic heterocycles. The first-order valence-corrected chi connectivity index (χ1v) is 8.52. The van der Waals surface area contributed by atoms with Gasteiger partial charge in [-0.25, -0.2) is 4.79 Å². The monoisotopic (exact) mass is 343 g/mol. The first-order valence-electron chi connectivity index (χ1n) is 8.52. The van der Waals surface area contributed by atoms with E-state index in [2.05, 4.69) is 12.2 Å². The van der Waals surface area contributed by atoms with Gasteiger partial charge >= 0.3 is 5.97 Å². The smallest absolute Gasteiger partial charge is 0.337 e. The Bertz CT molecular complexity index is 686. The first kappa shape index (κ1) is 18.6. The van der Waals surface area contributed by atoms with Crippen molar-refractivity contribution in [1.29, 1.82) is 0 Å². The SMILES string of the molecule is CCCCCNc1c(C(=O)O)ccc(OC)c1OCc1ccccc1. The quantitative estimate of drug-likeness (QED) is 0.618. The van der Waals surface area contributed by atoms with Gasteiger partial charge in [-0.1, -0.05) is 50.1 Å². The second kappa shape index (κ2) is 9.57. The van der Waals surface area contributed by atoms with Crippen molar-refractivity contribution in [2.45, 2.75) is 32.8 Å². The highest BCUT2D eigenvalue weighted by atomic mass is 16.5. The van der Waals surface area contributed by atoms with Crippen molar-refractivity contribution < 1.29 is 19.4 Å². The van der Waals surface area contributed by atoms with Gasteiger partial charge in [0.05, 0.1) is 18.4 Å². The molecule has 0 amide bonds. The van der Waals surface area contributed by atoms with Crippen molar-refractivity contribution in [3.05, 3.63) is 53.6 Å². The summed E-state index contributed by atoms with van der Waals surface area (Å²) in [6, 6.07) is 12.9. The number of methoxy groups -OCH3 is 1. The van der Waals surface area contributed by atoms with Crippen LogP contribution in [-0.4, -0.2) is 24.7 Å². The fraction of sp³-hybridized carbons (Fsp3) is 0.350. The standard InChI is InChI=1S/C20H25NO4/c1-3-4-8-13-21-18-16(20(22)23)11-12-17(24-2)19(18)25-14-15-9-6-5-7-10-15/h5-7,9-12,21H,3-4,8,13-14H2,1-2H3,(H,22,23). The number of carboxylic acid groups (broad SMARTS) is 1. The lowest BCUT2D eigenvalue weighted by Crippen LogP contribution is -2.11. The van der Waals surface area contributed by atoms with Gasteiger partial charge in [-0.2, -0.15) is 0 Å². The van der Waals surface area contributed by atoms with Crippen molar-refractivity contribution in [3.8, 4) is 11.5 Å². The first-order chi connectivity index (χ1) is 12.2. The van der Waals surface area contributed by atoms with Gasteiger partial charge in [-0.3, -0.25) is 0 Å². The second-order valence-electron chi connectivity index (χ2n) is 5.73. The highest BCUT2D eigenvalue weighted by molar-refractivity contribution is 5.96.